The first kappa shape index (κ1) is 21.0. The lowest BCUT2D eigenvalue weighted by Gasteiger charge is -2.23. The highest BCUT2D eigenvalue weighted by molar-refractivity contribution is 7.92. The minimum absolute atomic E-state index is 0.120. The highest BCUT2D eigenvalue weighted by Crippen LogP contribution is 2.30. The summed E-state index contributed by atoms with van der Waals surface area (Å²) in [6, 6.07) is 8.38. The van der Waals surface area contributed by atoms with Crippen LogP contribution in [0.25, 0.3) is 0 Å². The van der Waals surface area contributed by atoms with E-state index in [9.17, 15) is 26.4 Å². The highest BCUT2D eigenvalue weighted by Gasteiger charge is 2.30. The third-order valence-corrected chi connectivity index (χ3v) is 4.97. The Balaban J connectivity index is 2.20. The number of amides is 1. The number of hydrogen-bond donors (Lipinski definition) is 1. The monoisotopic (exact) mass is 420 g/mol. The van der Waals surface area contributed by atoms with Crippen molar-refractivity contribution in [1.82, 2.24) is 0 Å². The van der Waals surface area contributed by atoms with E-state index in [1.807, 2.05) is 0 Å². The normalized spacial score (nSPS) is 11.9. The average molecular weight is 421 g/mol. The van der Waals surface area contributed by atoms with E-state index in [4.69, 9.17) is 11.6 Å². The van der Waals surface area contributed by atoms with Gasteiger partial charge in [-0.05, 0) is 55.0 Å². The second kappa shape index (κ2) is 7.77. The standard InChI is InChI=1S/C17H16ClF3N2O3S/c1-11-9-13(18)5-8-15(11)23(27(2,25)26)10-16(24)22-14-6-3-12(4-7-14)17(19,20)21/h3-9H,10H2,1-2H3,(H,22,24). The van der Waals surface area contributed by atoms with Crippen LogP contribution in [0.15, 0.2) is 42.5 Å². The number of rotatable bonds is 5. The summed E-state index contributed by atoms with van der Waals surface area (Å²) in [7, 11) is -3.79. The maximum atomic E-state index is 12.6. The van der Waals surface area contributed by atoms with Crippen LogP contribution >= 0.6 is 11.6 Å². The molecule has 0 saturated carbocycles. The Morgan fingerprint density at radius 1 is 1.15 bits per heavy atom. The molecule has 27 heavy (non-hydrogen) atoms. The van der Waals surface area contributed by atoms with E-state index in [0.717, 1.165) is 34.8 Å². The maximum absolute atomic E-state index is 12.6. The van der Waals surface area contributed by atoms with Crippen molar-refractivity contribution in [2.45, 2.75) is 13.1 Å². The third-order valence-electron chi connectivity index (χ3n) is 3.61. The number of benzene rings is 2. The van der Waals surface area contributed by atoms with Gasteiger partial charge in [0.15, 0.2) is 0 Å². The number of sulfonamides is 1. The number of aryl methyl sites for hydroxylation is 1. The summed E-state index contributed by atoms with van der Waals surface area (Å²) in [5.41, 5.74) is 0.101. The number of hydrogen-bond acceptors (Lipinski definition) is 3. The molecular weight excluding hydrogens is 405 g/mol. The number of nitrogens with zero attached hydrogens (tertiary/aromatic N) is 1. The van der Waals surface area contributed by atoms with Gasteiger partial charge in [-0.15, -0.1) is 0 Å². The van der Waals surface area contributed by atoms with Gasteiger partial charge in [0.2, 0.25) is 15.9 Å². The molecule has 0 radical (unpaired) electrons. The van der Waals surface area contributed by atoms with E-state index < -0.39 is 34.2 Å². The summed E-state index contributed by atoms with van der Waals surface area (Å²) < 4.78 is 62.8. The van der Waals surface area contributed by atoms with E-state index in [1.54, 1.807) is 13.0 Å². The topological polar surface area (TPSA) is 66.5 Å². The molecule has 0 aliphatic carbocycles. The maximum Gasteiger partial charge on any atom is 0.416 e. The van der Waals surface area contributed by atoms with E-state index in [0.29, 0.717) is 10.6 Å². The summed E-state index contributed by atoms with van der Waals surface area (Å²) in [6.07, 6.45) is -3.53. The van der Waals surface area contributed by atoms with Crippen LogP contribution in [-0.2, 0) is 21.0 Å². The molecule has 10 heteroatoms. The van der Waals surface area contributed by atoms with Gasteiger partial charge in [-0.1, -0.05) is 11.6 Å². The van der Waals surface area contributed by atoms with Gasteiger partial charge in [0, 0.05) is 10.7 Å². The molecule has 0 aliphatic heterocycles. The van der Waals surface area contributed by atoms with Gasteiger partial charge in [0.1, 0.15) is 6.54 Å². The number of anilines is 2. The van der Waals surface area contributed by atoms with Gasteiger partial charge < -0.3 is 5.32 Å². The van der Waals surface area contributed by atoms with E-state index >= 15 is 0 Å². The molecule has 0 aliphatic rings. The summed E-state index contributed by atoms with van der Waals surface area (Å²) in [5, 5.41) is 2.80. The summed E-state index contributed by atoms with van der Waals surface area (Å²) >= 11 is 5.87. The second-order valence-electron chi connectivity index (χ2n) is 5.82. The second-order valence-corrected chi connectivity index (χ2v) is 8.17. The molecule has 2 rings (SSSR count). The predicted octanol–water partition coefficient (Wildman–Crippen LogP) is 4.07. The molecule has 5 nitrogen and oxygen atoms in total. The van der Waals surface area contributed by atoms with Crippen LogP contribution in [0.1, 0.15) is 11.1 Å². The van der Waals surface area contributed by atoms with Crippen LogP contribution in [0.4, 0.5) is 24.5 Å². The average Bonchev–Trinajstić information content (AvgIpc) is 2.52. The van der Waals surface area contributed by atoms with Crippen molar-refractivity contribution in [3.8, 4) is 0 Å². The molecule has 0 atom stereocenters. The Hall–Kier alpha value is -2.26. The van der Waals surface area contributed by atoms with E-state index in [1.165, 1.54) is 12.1 Å². The molecule has 1 amide bonds. The number of nitrogens with one attached hydrogen (secondary N) is 1. The Bertz CT molecular complexity index is 945. The Morgan fingerprint density at radius 3 is 2.22 bits per heavy atom. The molecule has 146 valence electrons. The molecule has 0 heterocycles. The molecule has 0 saturated heterocycles. The fourth-order valence-corrected chi connectivity index (χ4v) is 3.49. The third kappa shape index (κ3) is 5.61. The first-order valence-electron chi connectivity index (χ1n) is 7.59. The summed E-state index contributed by atoms with van der Waals surface area (Å²) in [4.78, 5) is 12.2. The van der Waals surface area contributed by atoms with Crippen molar-refractivity contribution >= 4 is 38.9 Å². The van der Waals surface area contributed by atoms with Gasteiger partial charge in [0.05, 0.1) is 17.5 Å². The number of alkyl halides is 3. The lowest BCUT2D eigenvalue weighted by molar-refractivity contribution is -0.137. The minimum atomic E-state index is -4.48. The zero-order valence-electron chi connectivity index (χ0n) is 14.3. The lowest BCUT2D eigenvalue weighted by Crippen LogP contribution is -2.37. The van der Waals surface area contributed by atoms with Crippen LogP contribution in [-0.4, -0.2) is 27.1 Å². The quantitative estimate of drug-likeness (QED) is 0.792. The van der Waals surface area contributed by atoms with E-state index in [-0.39, 0.29) is 11.4 Å². The molecular formula is C17H16ClF3N2O3S. The van der Waals surface area contributed by atoms with Gasteiger partial charge in [-0.3, -0.25) is 9.10 Å². The molecule has 1 N–H and O–H groups in total. The van der Waals surface area contributed by atoms with Crippen LogP contribution in [0, 0.1) is 6.92 Å². The molecule has 0 aromatic heterocycles. The van der Waals surface area contributed by atoms with Crippen molar-refractivity contribution in [3.63, 3.8) is 0 Å². The summed E-state index contributed by atoms with van der Waals surface area (Å²) in [5.74, 6) is -0.700. The van der Waals surface area contributed by atoms with Crippen molar-refractivity contribution in [3.05, 3.63) is 58.6 Å². The first-order chi connectivity index (χ1) is 12.4. The largest absolute Gasteiger partial charge is 0.416 e. The molecule has 2 aromatic rings. The number of carbonyl (C=O) groups excluding carboxylic acids is 1. The number of carbonyl (C=O) groups is 1. The van der Waals surface area contributed by atoms with Crippen LogP contribution < -0.4 is 9.62 Å². The predicted molar refractivity (Wildman–Crippen MR) is 98.5 cm³/mol. The fraction of sp³-hybridized carbons (Fsp3) is 0.235. The van der Waals surface area contributed by atoms with Crippen molar-refractivity contribution in [2.24, 2.45) is 0 Å². The van der Waals surface area contributed by atoms with Crippen molar-refractivity contribution < 1.29 is 26.4 Å². The Kier molecular flexibility index (Phi) is 6.06. The van der Waals surface area contributed by atoms with Crippen LogP contribution in [0.2, 0.25) is 5.02 Å². The zero-order chi connectivity index (χ0) is 20.4. The summed E-state index contributed by atoms with van der Waals surface area (Å²) in [6.45, 7) is 1.11. The lowest BCUT2D eigenvalue weighted by atomic mass is 10.2. The molecule has 0 bridgehead atoms. The first-order valence-corrected chi connectivity index (χ1v) is 9.81. The minimum Gasteiger partial charge on any atom is -0.325 e. The van der Waals surface area contributed by atoms with E-state index in [2.05, 4.69) is 5.32 Å². The van der Waals surface area contributed by atoms with Gasteiger partial charge in [-0.25, -0.2) is 8.42 Å². The van der Waals surface area contributed by atoms with Gasteiger partial charge in [-0.2, -0.15) is 13.2 Å². The number of halogens is 4. The fourth-order valence-electron chi connectivity index (χ4n) is 2.35. The van der Waals surface area contributed by atoms with Gasteiger partial charge in [0.25, 0.3) is 0 Å². The van der Waals surface area contributed by atoms with Crippen molar-refractivity contribution in [1.29, 1.82) is 0 Å². The van der Waals surface area contributed by atoms with Crippen LogP contribution in [0.5, 0.6) is 0 Å². The zero-order valence-corrected chi connectivity index (χ0v) is 15.9. The molecule has 2 aromatic carbocycles. The SMILES string of the molecule is Cc1cc(Cl)ccc1N(CC(=O)Nc1ccc(C(F)(F)F)cc1)S(C)(=O)=O. The highest BCUT2D eigenvalue weighted by atomic mass is 35.5. The molecule has 0 fully saturated rings. The smallest absolute Gasteiger partial charge is 0.325 e. The molecule has 0 unspecified atom stereocenters. The van der Waals surface area contributed by atoms with Gasteiger partial charge >= 0.3 is 6.18 Å². The molecule has 0 spiro atoms. The van der Waals surface area contributed by atoms with Crippen LogP contribution in [0.3, 0.4) is 0 Å². The van der Waals surface area contributed by atoms with Crippen molar-refractivity contribution in [2.75, 3.05) is 22.4 Å². The Morgan fingerprint density at radius 2 is 1.74 bits per heavy atom. The Labute approximate surface area is 159 Å².